The summed E-state index contributed by atoms with van der Waals surface area (Å²) in [6.45, 7) is 5.91. The Morgan fingerprint density at radius 3 is 1.64 bits per heavy atom. The van der Waals surface area contributed by atoms with Crippen LogP contribution in [-0.2, 0) is 0 Å². The van der Waals surface area contributed by atoms with E-state index in [1.54, 1.807) is 20.8 Å². The molecule has 0 heterocycles. The normalized spacial score (nSPS) is 14.2. The second-order valence-corrected chi connectivity index (χ2v) is 3.79. The molecule has 0 saturated heterocycles. The Morgan fingerprint density at radius 1 is 1.18 bits per heavy atom. The summed E-state index contributed by atoms with van der Waals surface area (Å²) in [5, 5.41) is 0. The average molecular weight is 187 g/mol. The third-order valence-electron chi connectivity index (χ3n) is 0.883. The van der Waals surface area contributed by atoms with Crippen LogP contribution in [0.2, 0.25) is 0 Å². The molecule has 0 aliphatic carbocycles. The Hall–Kier alpha value is 0.0700. The molecule has 0 amide bonds. The van der Waals surface area contributed by atoms with E-state index >= 15 is 0 Å². The van der Waals surface area contributed by atoms with Crippen molar-refractivity contribution >= 4 is 11.8 Å². The second-order valence-electron chi connectivity index (χ2n) is 3.45. The highest BCUT2D eigenvalue weighted by atomic mass is 35.5. The molecule has 0 aromatic heterocycles. The zero-order valence-electron chi connectivity index (χ0n) is 7.08. The summed E-state index contributed by atoms with van der Waals surface area (Å²) in [5.41, 5.74) is 1.30. The minimum atomic E-state index is -2.98. The largest absolute Gasteiger partial charge is 0.312 e. The van der Waals surface area contributed by atoms with E-state index in [1.165, 1.54) is 0 Å². The van der Waals surface area contributed by atoms with Crippen molar-refractivity contribution in [3.8, 4) is 0 Å². The lowest BCUT2D eigenvalue weighted by atomic mass is 10.1. The Bertz CT molecular complexity index is 128. The summed E-state index contributed by atoms with van der Waals surface area (Å²) in [5.74, 6) is 0. The van der Waals surface area contributed by atoms with Crippen LogP contribution in [0, 0.1) is 0 Å². The van der Waals surface area contributed by atoms with Crippen molar-refractivity contribution in [3.05, 3.63) is 0 Å². The highest BCUT2D eigenvalue weighted by Gasteiger charge is 2.29. The van der Waals surface area contributed by atoms with Gasteiger partial charge in [0.25, 0.3) is 0 Å². The molecule has 0 radical (unpaired) electrons. The van der Waals surface area contributed by atoms with E-state index in [-0.39, 0.29) is 0 Å². The maximum absolute atomic E-state index is 12.3. The fraction of sp³-hybridized carbons (Fsp3) is 1.00. The molecule has 11 heavy (non-hydrogen) atoms. The number of hydrogen-bond acceptors (Lipinski definition) is 2. The molecule has 0 spiro atoms. The fourth-order valence-electron chi connectivity index (χ4n) is 0.340. The van der Waals surface area contributed by atoms with Crippen LogP contribution in [0.25, 0.3) is 0 Å². The van der Waals surface area contributed by atoms with Gasteiger partial charge in [0.1, 0.15) is 0 Å². The molecule has 0 fully saturated rings. The van der Waals surface area contributed by atoms with Crippen molar-refractivity contribution in [2.24, 2.45) is 0 Å². The van der Waals surface area contributed by atoms with Gasteiger partial charge in [0.15, 0.2) is 0 Å². The summed E-state index contributed by atoms with van der Waals surface area (Å²) in [4.78, 5) is 0. The van der Waals surface area contributed by atoms with Crippen LogP contribution < -0.4 is 5.43 Å². The Labute approximate surface area is 70.6 Å². The van der Waals surface area contributed by atoms with E-state index in [4.69, 9.17) is 11.8 Å². The molecule has 0 unspecified atom stereocenters. The monoisotopic (exact) mass is 186 g/mol. The number of hydrazine groups is 1. The molecule has 68 valence electrons. The first-order valence-electron chi connectivity index (χ1n) is 3.24. The molecule has 0 atom stereocenters. The van der Waals surface area contributed by atoms with Crippen molar-refractivity contribution in [3.63, 3.8) is 0 Å². The molecular formula is C6H13ClF2N2. The number of nitrogens with zero attached hydrogens (tertiary/aromatic N) is 1. The lowest BCUT2D eigenvalue weighted by Crippen LogP contribution is -2.50. The highest BCUT2D eigenvalue weighted by Crippen LogP contribution is 2.17. The predicted octanol–water partition coefficient (Wildman–Crippen LogP) is 2.36. The van der Waals surface area contributed by atoms with Crippen LogP contribution in [-0.4, -0.2) is 16.1 Å². The standard InChI is InChI=1S/C6H13ClF2N2/c1-5(2,3)11(7)10-6(4,8)9/h10H,1-4H3. The van der Waals surface area contributed by atoms with E-state index in [1.807, 2.05) is 5.43 Å². The number of alkyl halides is 2. The van der Waals surface area contributed by atoms with Crippen molar-refractivity contribution in [2.75, 3.05) is 0 Å². The lowest BCUT2D eigenvalue weighted by Gasteiger charge is -2.31. The summed E-state index contributed by atoms with van der Waals surface area (Å²) in [7, 11) is 0. The Balaban J connectivity index is 3.99. The van der Waals surface area contributed by atoms with Gasteiger partial charge < -0.3 is 0 Å². The van der Waals surface area contributed by atoms with Gasteiger partial charge in [-0.05, 0) is 32.5 Å². The van der Waals surface area contributed by atoms with Crippen LogP contribution in [0.1, 0.15) is 27.7 Å². The SMILES string of the molecule is CC(F)(F)NN(Cl)C(C)(C)C. The van der Waals surface area contributed by atoms with Gasteiger partial charge in [-0.1, -0.05) is 0 Å². The van der Waals surface area contributed by atoms with E-state index < -0.39 is 11.6 Å². The number of nitrogens with one attached hydrogen (secondary N) is 1. The van der Waals surface area contributed by atoms with E-state index in [0.29, 0.717) is 0 Å². The average Bonchev–Trinajstić information content (AvgIpc) is 1.56. The second kappa shape index (κ2) is 3.21. The first kappa shape index (κ1) is 11.1. The van der Waals surface area contributed by atoms with E-state index in [2.05, 4.69) is 0 Å². The van der Waals surface area contributed by atoms with Gasteiger partial charge in [0.05, 0.1) is 0 Å². The smallest absolute Gasteiger partial charge is 0.188 e. The third kappa shape index (κ3) is 5.35. The molecule has 0 aromatic carbocycles. The fourth-order valence-corrected chi connectivity index (χ4v) is 0.488. The van der Waals surface area contributed by atoms with Crippen LogP contribution in [0.4, 0.5) is 8.78 Å². The molecule has 0 aliphatic heterocycles. The molecule has 1 N–H and O–H groups in total. The van der Waals surface area contributed by atoms with Crippen molar-refractivity contribution in [1.29, 1.82) is 0 Å². The molecule has 0 aliphatic rings. The first-order valence-corrected chi connectivity index (χ1v) is 3.58. The van der Waals surface area contributed by atoms with Crippen molar-refractivity contribution in [2.45, 2.75) is 39.3 Å². The lowest BCUT2D eigenvalue weighted by molar-refractivity contribution is -0.0745. The van der Waals surface area contributed by atoms with Crippen LogP contribution >= 0.6 is 11.8 Å². The quantitative estimate of drug-likeness (QED) is 0.405. The molecule has 0 rings (SSSR count). The van der Waals surface area contributed by atoms with Crippen LogP contribution in [0.5, 0.6) is 0 Å². The number of hydrogen-bond donors (Lipinski definition) is 1. The summed E-state index contributed by atoms with van der Waals surface area (Å²) < 4.78 is 25.4. The summed E-state index contributed by atoms with van der Waals surface area (Å²) >= 11 is 5.48. The Morgan fingerprint density at radius 2 is 1.55 bits per heavy atom. The van der Waals surface area contributed by atoms with Gasteiger partial charge in [0, 0.05) is 12.5 Å². The van der Waals surface area contributed by atoms with Gasteiger partial charge in [-0.25, -0.2) is 0 Å². The molecular weight excluding hydrogens is 174 g/mol. The third-order valence-corrected chi connectivity index (χ3v) is 1.48. The predicted molar refractivity (Wildman–Crippen MR) is 41.2 cm³/mol. The van der Waals surface area contributed by atoms with E-state index in [9.17, 15) is 8.78 Å². The topological polar surface area (TPSA) is 15.3 Å². The Kier molecular flexibility index (Phi) is 3.23. The zero-order chi connectivity index (χ0) is 9.28. The van der Waals surface area contributed by atoms with Crippen molar-refractivity contribution in [1.82, 2.24) is 9.95 Å². The van der Waals surface area contributed by atoms with E-state index in [0.717, 1.165) is 11.5 Å². The number of rotatable bonds is 2. The molecule has 0 saturated carbocycles. The van der Waals surface area contributed by atoms with Gasteiger partial charge >= 0.3 is 6.05 Å². The molecule has 5 heteroatoms. The van der Waals surface area contributed by atoms with Crippen molar-refractivity contribution < 1.29 is 8.78 Å². The number of halogens is 3. The van der Waals surface area contributed by atoms with Gasteiger partial charge in [-0.2, -0.15) is 14.2 Å². The van der Waals surface area contributed by atoms with Gasteiger partial charge in [-0.15, -0.1) is 4.53 Å². The minimum absolute atomic E-state index is 0.527. The maximum atomic E-state index is 12.3. The molecule has 2 nitrogen and oxygen atoms in total. The highest BCUT2D eigenvalue weighted by molar-refractivity contribution is 6.13. The summed E-state index contributed by atoms with van der Waals surface area (Å²) in [6.07, 6.45) is 0. The van der Waals surface area contributed by atoms with Gasteiger partial charge in [-0.3, -0.25) is 0 Å². The maximum Gasteiger partial charge on any atom is 0.312 e. The van der Waals surface area contributed by atoms with Crippen LogP contribution in [0.3, 0.4) is 0 Å². The molecule has 0 bridgehead atoms. The minimum Gasteiger partial charge on any atom is -0.188 e. The first-order chi connectivity index (χ1) is 4.63. The van der Waals surface area contributed by atoms with Crippen LogP contribution in [0.15, 0.2) is 0 Å². The van der Waals surface area contributed by atoms with Gasteiger partial charge in [0.2, 0.25) is 0 Å². The summed E-state index contributed by atoms with van der Waals surface area (Å²) in [6, 6.07) is -2.98. The molecule has 0 aromatic rings. The zero-order valence-corrected chi connectivity index (χ0v) is 7.84.